The minimum atomic E-state index is -0.0728. The molecule has 0 spiro atoms. The summed E-state index contributed by atoms with van der Waals surface area (Å²) in [4.78, 5) is 18.7. The lowest BCUT2D eigenvalue weighted by Crippen LogP contribution is -2.22. The number of nitrogens with zero attached hydrogens (tertiary/aromatic N) is 5. The Hall–Kier alpha value is -3.75. The molecule has 35 heavy (non-hydrogen) atoms. The molecule has 0 saturated heterocycles. The molecule has 0 radical (unpaired) electrons. The molecule has 5 aromatic rings. The summed E-state index contributed by atoms with van der Waals surface area (Å²) < 4.78 is 2.08. The van der Waals surface area contributed by atoms with Gasteiger partial charge in [0.15, 0.2) is 16.1 Å². The molecule has 2 aromatic heterocycles. The van der Waals surface area contributed by atoms with Gasteiger partial charge >= 0.3 is 0 Å². The van der Waals surface area contributed by atoms with Crippen molar-refractivity contribution in [1.29, 1.82) is 0 Å². The van der Waals surface area contributed by atoms with Crippen molar-refractivity contribution in [1.82, 2.24) is 19.7 Å². The fourth-order valence-electron chi connectivity index (χ4n) is 3.67. The molecule has 5 rings (SSSR count). The van der Waals surface area contributed by atoms with Gasteiger partial charge in [-0.15, -0.1) is 21.5 Å². The molecule has 0 bridgehead atoms. The zero-order valence-corrected chi connectivity index (χ0v) is 21.0. The van der Waals surface area contributed by atoms with E-state index in [0.717, 1.165) is 33.6 Å². The number of thioether (sulfide) groups is 1. The first-order valence-corrected chi connectivity index (χ1v) is 13.0. The molecule has 3 aromatic carbocycles. The number of aryl methyl sites for hydroxylation is 1. The molecular weight excluding hydrogens is 474 g/mol. The molecule has 174 valence electrons. The molecule has 2 heterocycles. The summed E-state index contributed by atoms with van der Waals surface area (Å²) in [6, 6.07) is 28.0. The summed E-state index contributed by atoms with van der Waals surface area (Å²) in [5.74, 6) is 1.33. The molecule has 8 heteroatoms. The normalized spacial score (nSPS) is 10.9. The van der Waals surface area contributed by atoms with E-state index in [9.17, 15) is 4.79 Å². The highest BCUT2D eigenvalue weighted by atomic mass is 32.2. The molecule has 6 nitrogen and oxygen atoms in total. The van der Waals surface area contributed by atoms with E-state index in [1.54, 1.807) is 23.6 Å². The van der Waals surface area contributed by atoms with E-state index >= 15 is 0 Å². The number of thiazole rings is 1. The largest absolute Gasteiger partial charge is 0.274 e. The number of benzene rings is 3. The fourth-order valence-corrected chi connectivity index (χ4v) is 5.51. The highest BCUT2D eigenvalue weighted by molar-refractivity contribution is 7.98. The number of carbonyl (C=O) groups is 1. The Bertz CT molecular complexity index is 1430. The van der Waals surface area contributed by atoms with Gasteiger partial charge in [-0.2, -0.15) is 0 Å². The number of rotatable bonds is 7. The Balaban J connectivity index is 1.43. The van der Waals surface area contributed by atoms with E-state index in [0.29, 0.717) is 10.9 Å². The van der Waals surface area contributed by atoms with Crippen LogP contribution in [0.2, 0.25) is 0 Å². The van der Waals surface area contributed by atoms with Gasteiger partial charge < -0.3 is 0 Å². The van der Waals surface area contributed by atoms with Crippen LogP contribution in [0.5, 0.6) is 0 Å². The van der Waals surface area contributed by atoms with Gasteiger partial charge in [0, 0.05) is 29.3 Å². The second-order valence-corrected chi connectivity index (χ2v) is 9.72. The average Bonchev–Trinajstić information content (AvgIpc) is 3.52. The third-order valence-corrected chi connectivity index (χ3v) is 7.20. The van der Waals surface area contributed by atoms with Crippen LogP contribution >= 0.6 is 23.1 Å². The predicted octanol–water partition coefficient (Wildman–Crippen LogP) is 6.68. The minimum absolute atomic E-state index is 0.0728. The van der Waals surface area contributed by atoms with Gasteiger partial charge in [0.25, 0.3) is 0 Å². The molecule has 0 aliphatic carbocycles. The lowest BCUT2D eigenvalue weighted by atomic mass is 10.2. The van der Waals surface area contributed by atoms with Crippen molar-refractivity contribution in [2.45, 2.75) is 24.8 Å². The molecule has 0 fully saturated rings. The molecule has 0 N–H and O–H groups in total. The molecule has 1 amide bonds. The molecule has 0 saturated carbocycles. The summed E-state index contributed by atoms with van der Waals surface area (Å²) in [5.41, 5.74) is 4.90. The average molecular weight is 498 g/mol. The van der Waals surface area contributed by atoms with E-state index in [1.165, 1.54) is 16.9 Å². The van der Waals surface area contributed by atoms with Crippen LogP contribution in [0.25, 0.3) is 17.1 Å². The molecule has 0 atom stereocenters. The van der Waals surface area contributed by atoms with Gasteiger partial charge in [0.1, 0.15) is 0 Å². The molecule has 0 aliphatic rings. The number of amides is 1. The second-order valence-electron chi connectivity index (χ2n) is 7.94. The van der Waals surface area contributed by atoms with Gasteiger partial charge in [-0.3, -0.25) is 14.3 Å². The summed E-state index contributed by atoms with van der Waals surface area (Å²) in [6.07, 6.45) is 0. The quantitative estimate of drug-likeness (QED) is 0.235. The number of aromatic nitrogens is 4. The summed E-state index contributed by atoms with van der Waals surface area (Å²) >= 11 is 3.03. The zero-order chi connectivity index (χ0) is 24.2. The Morgan fingerprint density at radius 3 is 2.31 bits per heavy atom. The van der Waals surface area contributed by atoms with Gasteiger partial charge in [0.05, 0.1) is 11.4 Å². The lowest BCUT2D eigenvalue weighted by molar-refractivity contribution is -0.115. The van der Waals surface area contributed by atoms with Gasteiger partial charge in [-0.05, 0) is 31.2 Å². The monoisotopic (exact) mass is 497 g/mol. The first-order valence-electron chi connectivity index (χ1n) is 11.1. The van der Waals surface area contributed by atoms with Crippen molar-refractivity contribution in [3.05, 3.63) is 102 Å². The van der Waals surface area contributed by atoms with E-state index in [1.807, 2.05) is 66.0 Å². The van der Waals surface area contributed by atoms with Crippen LogP contribution < -0.4 is 4.90 Å². The second kappa shape index (κ2) is 10.2. The van der Waals surface area contributed by atoms with Gasteiger partial charge in [-0.1, -0.05) is 78.0 Å². The van der Waals surface area contributed by atoms with E-state index in [4.69, 9.17) is 4.98 Å². The third-order valence-electron chi connectivity index (χ3n) is 5.37. The van der Waals surface area contributed by atoms with Crippen molar-refractivity contribution < 1.29 is 4.79 Å². The van der Waals surface area contributed by atoms with Crippen molar-refractivity contribution in [3.63, 3.8) is 0 Å². The van der Waals surface area contributed by atoms with Crippen LogP contribution in [-0.2, 0) is 10.5 Å². The fraction of sp³-hybridized carbons (Fsp3) is 0.111. The Morgan fingerprint density at radius 2 is 1.63 bits per heavy atom. The van der Waals surface area contributed by atoms with Crippen molar-refractivity contribution >= 4 is 39.8 Å². The highest BCUT2D eigenvalue weighted by Gasteiger charge is 2.19. The Kier molecular flexibility index (Phi) is 6.74. The van der Waals surface area contributed by atoms with Crippen molar-refractivity contribution in [3.8, 4) is 17.1 Å². The van der Waals surface area contributed by atoms with Crippen LogP contribution in [0, 0.1) is 6.92 Å². The predicted molar refractivity (Wildman–Crippen MR) is 142 cm³/mol. The van der Waals surface area contributed by atoms with Crippen LogP contribution in [0.4, 0.5) is 10.8 Å². The van der Waals surface area contributed by atoms with E-state index in [2.05, 4.69) is 46.0 Å². The SMILES string of the molecule is CC(=O)N(c1ccccc1)c1nc(CSc2nnc(-c3ccccc3)n2-c2ccc(C)cc2)cs1. The van der Waals surface area contributed by atoms with E-state index < -0.39 is 0 Å². The molecular formula is C27H23N5OS2. The number of anilines is 2. The van der Waals surface area contributed by atoms with E-state index in [-0.39, 0.29) is 5.91 Å². The summed E-state index contributed by atoms with van der Waals surface area (Å²) in [5, 5.41) is 12.5. The number of para-hydroxylation sites is 1. The zero-order valence-electron chi connectivity index (χ0n) is 19.3. The number of hydrogen-bond donors (Lipinski definition) is 0. The topological polar surface area (TPSA) is 63.9 Å². The third kappa shape index (κ3) is 5.03. The standard InChI is InChI=1S/C27H23N5OS2/c1-19-13-15-24(16-14-19)32-25(21-9-5-3-6-10-21)29-30-27(32)35-18-22-17-34-26(28-22)31(20(2)33)23-11-7-4-8-12-23/h3-17H,18H2,1-2H3. The maximum Gasteiger partial charge on any atom is 0.230 e. The molecule has 0 unspecified atom stereocenters. The van der Waals surface area contributed by atoms with Gasteiger partial charge in [0.2, 0.25) is 5.91 Å². The van der Waals surface area contributed by atoms with Crippen molar-refractivity contribution in [2.24, 2.45) is 0 Å². The summed E-state index contributed by atoms with van der Waals surface area (Å²) in [7, 11) is 0. The van der Waals surface area contributed by atoms with Crippen LogP contribution in [0.15, 0.2) is 95.5 Å². The number of hydrogen-bond acceptors (Lipinski definition) is 6. The highest BCUT2D eigenvalue weighted by Crippen LogP contribution is 2.33. The minimum Gasteiger partial charge on any atom is -0.274 e. The maximum absolute atomic E-state index is 12.4. The van der Waals surface area contributed by atoms with Crippen LogP contribution in [0.1, 0.15) is 18.2 Å². The number of carbonyl (C=O) groups excluding carboxylic acids is 1. The Labute approximate surface area is 212 Å². The van der Waals surface area contributed by atoms with Gasteiger partial charge in [-0.25, -0.2) is 4.98 Å². The lowest BCUT2D eigenvalue weighted by Gasteiger charge is -2.17. The molecule has 0 aliphatic heterocycles. The van der Waals surface area contributed by atoms with Crippen LogP contribution in [-0.4, -0.2) is 25.7 Å². The smallest absolute Gasteiger partial charge is 0.230 e. The van der Waals surface area contributed by atoms with Crippen LogP contribution in [0.3, 0.4) is 0 Å². The first-order chi connectivity index (χ1) is 17.1. The van der Waals surface area contributed by atoms with Crippen molar-refractivity contribution in [2.75, 3.05) is 4.90 Å². The summed E-state index contributed by atoms with van der Waals surface area (Å²) in [6.45, 7) is 3.63. The maximum atomic E-state index is 12.4. The Morgan fingerprint density at radius 1 is 0.943 bits per heavy atom. The first kappa shape index (κ1) is 23.0.